The molecule has 1 heterocycles. The van der Waals surface area contributed by atoms with Gasteiger partial charge >= 0.3 is 0 Å². The van der Waals surface area contributed by atoms with E-state index in [1.165, 1.54) is 6.07 Å². The molecule has 0 bridgehead atoms. The van der Waals surface area contributed by atoms with Crippen LogP contribution in [-0.4, -0.2) is 4.98 Å². The Morgan fingerprint density at radius 3 is 2.65 bits per heavy atom. The first-order chi connectivity index (χ1) is 8.06. The summed E-state index contributed by atoms with van der Waals surface area (Å²) in [7, 11) is 0. The minimum atomic E-state index is -0.364. The van der Waals surface area contributed by atoms with Crippen LogP contribution in [0.25, 0.3) is 0 Å². The molecule has 0 radical (unpaired) electrons. The van der Waals surface area contributed by atoms with Gasteiger partial charge in [0.25, 0.3) is 0 Å². The van der Waals surface area contributed by atoms with Crippen molar-refractivity contribution in [1.82, 2.24) is 4.98 Å². The van der Waals surface area contributed by atoms with Gasteiger partial charge in [0.05, 0.1) is 4.47 Å². The van der Waals surface area contributed by atoms with E-state index < -0.39 is 0 Å². The summed E-state index contributed by atoms with van der Waals surface area (Å²) in [6, 6.07) is 6.47. The Kier molecular flexibility index (Phi) is 3.79. The SMILES string of the molecule is Cc1cc(Br)cnc1Oc1ccc(Br)c(F)c1. The fourth-order valence-electron chi connectivity index (χ4n) is 1.29. The molecule has 5 heteroatoms. The summed E-state index contributed by atoms with van der Waals surface area (Å²) in [5.41, 5.74) is 0.878. The maximum absolute atomic E-state index is 13.3. The number of nitrogens with zero attached hydrogens (tertiary/aromatic N) is 1. The topological polar surface area (TPSA) is 22.1 Å². The highest BCUT2D eigenvalue weighted by Gasteiger charge is 2.06. The second-order valence-corrected chi connectivity index (χ2v) is 5.22. The van der Waals surface area contributed by atoms with Crippen LogP contribution in [-0.2, 0) is 0 Å². The van der Waals surface area contributed by atoms with Crippen molar-refractivity contribution >= 4 is 31.9 Å². The lowest BCUT2D eigenvalue weighted by molar-refractivity contribution is 0.453. The van der Waals surface area contributed by atoms with Gasteiger partial charge in [0.2, 0.25) is 5.88 Å². The molecular formula is C12H8Br2FNO. The standard InChI is InChI=1S/C12H8Br2FNO/c1-7-4-8(13)6-16-12(7)17-9-2-3-10(14)11(15)5-9/h2-6H,1H3. The first-order valence-electron chi connectivity index (χ1n) is 4.81. The predicted molar refractivity (Wildman–Crippen MR) is 70.8 cm³/mol. The van der Waals surface area contributed by atoms with Crippen LogP contribution < -0.4 is 4.74 Å². The van der Waals surface area contributed by atoms with E-state index >= 15 is 0 Å². The molecule has 0 aliphatic carbocycles. The van der Waals surface area contributed by atoms with E-state index in [9.17, 15) is 4.39 Å². The quantitative estimate of drug-likeness (QED) is 0.763. The van der Waals surface area contributed by atoms with E-state index in [4.69, 9.17) is 4.74 Å². The molecule has 1 aromatic carbocycles. The molecular weight excluding hydrogens is 353 g/mol. The number of ether oxygens (including phenoxy) is 1. The van der Waals surface area contributed by atoms with Crippen molar-refractivity contribution in [3.63, 3.8) is 0 Å². The molecule has 0 spiro atoms. The summed E-state index contributed by atoms with van der Waals surface area (Å²) in [6.45, 7) is 1.88. The molecule has 0 fully saturated rings. The van der Waals surface area contributed by atoms with Crippen molar-refractivity contribution in [2.45, 2.75) is 6.92 Å². The Labute approximate surface area is 115 Å². The summed E-state index contributed by atoms with van der Waals surface area (Å²) in [4.78, 5) is 4.12. The van der Waals surface area contributed by atoms with Gasteiger partial charge in [-0.15, -0.1) is 0 Å². The van der Waals surface area contributed by atoms with Crippen molar-refractivity contribution < 1.29 is 9.13 Å². The molecule has 2 aromatic rings. The molecule has 0 N–H and O–H groups in total. The van der Waals surface area contributed by atoms with Crippen LogP contribution in [0.2, 0.25) is 0 Å². The summed E-state index contributed by atoms with van der Waals surface area (Å²) < 4.78 is 20.1. The van der Waals surface area contributed by atoms with E-state index in [0.717, 1.165) is 10.0 Å². The number of aryl methyl sites for hydroxylation is 1. The molecule has 0 aliphatic rings. The average molecular weight is 361 g/mol. The van der Waals surface area contributed by atoms with Gasteiger partial charge in [0.1, 0.15) is 11.6 Å². The third kappa shape index (κ3) is 3.04. The first-order valence-corrected chi connectivity index (χ1v) is 6.40. The molecule has 0 saturated heterocycles. The smallest absolute Gasteiger partial charge is 0.222 e. The van der Waals surface area contributed by atoms with E-state index in [-0.39, 0.29) is 5.82 Å². The molecule has 88 valence electrons. The minimum Gasteiger partial charge on any atom is -0.439 e. The number of rotatable bonds is 2. The summed E-state index contributed by atoms with van der Waals surface area (Å²) in [6.07, 6.45) is 1.64. The van der Waals surface area contributed by atoms with Gasteiger partial charge in [-0.3, -0.25) is 0 Å². The summed E-state index contributed by atoms with van der Waals surface area (Å²) in [5.74, 6) is 0.524. The van der Waals surface area contributed by atoms with E-state index in [1.54, 1.807) is 18.3 Å². The number of halogens is 3. The minimum absolute atomic E-state index is 0.364. The Balaban J connectivity index is 2.28. The molecule has 2 rings (SSSR count). The monoisotopic (exact) mass is 359 g/mol. The highest BCUT2D eigenvalue weighted by Crippen LogP contribution is 2.27. The Morgan fingerprint density at radius 1 is 1.24 bits per heavy atom. The Bertz CT molecular complexity index is 560. The highest BCUT2D eigenvalue weighted by molar-refractivity contribution is 9.10. The number of pyridine rings is 1. The van der Waals surface area contributed by atoms with Crippen molar-refractivity contribution in [2.75, 3.05) is 0 Å². The number of aromatic nitrogens is 1. The van der Waals surface area contributed by atoms with Crippen molar-refractivity contribution in [3.8, 4) is 11.6 Å². The highest BCUT2D eigenvalue weighted by atomic mass is 79.9. The third-order valence-corrected chi connectivity index (χ3v) is 3.18. The normalized spacial score (nSPS) is 10.4. The summed E-state index contributed by atoms with van der Waals surface area (Å²) >= 11 is 6.40. The van der Waals surface area contributed by atoms with Gasteiger partial charge < -0.3 is 4.74 Å². The molecule has 0 atom stereocenters. The van der Waals surface area contributed by atoms with Gasteiger partial charge in [-0.2, -0.15) is 0 Å². The fourth-order valence-corrected chi connectivity index (χ4v) is 1.98. The van der Waals surface area contributed by atoms with Crippen LogP contribution in [0.3, 0.4) is 0 Å². The molecule has 2 nitrogen and oxygen atoms in total. The summed E-state index contributed by atoms with van der Waals surface area (Å²) in [5, 5.41) is 0. The van der Waals surface area contributed by atoms with Crippen LogP contribution in [0.4, 0.5) is 4.39 Å². The van der Waals surface area contributed by atoms with Gasteiger partial charge in [0, 0.05) is 22.3 Å². The molecule has 0 unspecified atom stereocenters. The number of hydrogen-bond acceptors (Lipinski definition) is 2. The maximum atomic E-state index is 13.3. The lowest BCUT2D eigenvalue weighted by Crippen LogP contribution is -1.92. The van der Waals surface area contributed by atoms with Crippen LogP contribution in [0, 0.1) is 12.7 Å². The zero-order valence-electron chi connectivity index (χ0n) is 8.88. The lowest BCUT2D eigenvalue weighted by atomic mass is 10.3. The lowest BCUT2D eigenvalue weighted by Gasteiger charge is -2.08. The molecule has 0 aliphatic heterocycles. The van der Waals surface area contributed by atoms with E-state index in [2.05, 4.69) is 36.8 Å². The Morgan fingerprint density at radius 2 is 2.00 bits per heavy atom. The molecule has 0 amide bonds. The number of hydrogen-bond donors (Lipinski definition) is 0. The second-order valence-electron chi connectivity index (χ2n) is 3.45. The van der Waals surface area contributed by atoms with Gasteiger partial charge in [-0.05, 0) is 57.0 Å². The van der Waals surface area contributed by atoms with Crippen molar-refractivity contribution in [2.24, 2.45) is 0 Å². The van der Waals surface area contributed by atoms with Crippen LogP contribution in [0.5, 0.6) is 11.6 Å². The first kappa shape index (κ1) is 12.5. The van der Waals surface area contributed by atoms with Gasteiger partial charge in [0.15, 0.2) is 0 Å². The maximum Gasteiger partial charge on any atom is 0.222 e. The average Bonchev–Trinajstić information content (AvgIpc) is 2.27. The number of benzene rings is 1. The second kappa shape index (κ2) is 5.14. The molecule has 0 saturated carbocycles. The van der Waals surface area contributed by atoms with E-state index in [1.807, 2.05) is 13.0 Å². The van der Waals surface area contributed by atoms with Gasteiger partial charge in [-0.1, -0.05) is 0 Å². The zero-order chi connectivity index (χ0) is 12.4. The Hall–Kier alpha value is -0.940. The fraction of sp³-hybridized carbons (Fsp3) is 0.0833. The predicted octanol–water partition coefficient (Wildman–Crippen LogP) is 4.85. The van der Waals surface area contributed by atoms with E-state index in [0.29, 0.717) is 16.1 Å². The zero-order valence-corrected chi connectivity index (χ0v) is 12.0. The third-order valence-electron chi connectivity index (χ3n) is 2.10. The van der Waals surface area contributed by atoms with Crippen molar-refractivity contribution in [1.29, 1.82) is 0 Å². The van der Waals surface area contributed by atoms with Crippen LogP contribution in [0.1, 0.15) is 5.56 Å². The van der Waals surface area contributed by atoms with Crippen LogP contribution in [0.15, 0.2) is 39.4 Å². The van der Waals surface area contributed by atoms with Crippen molar-refractivity contribution in [3.05, 3.63) is 50.8 Å². The van der Waals surface area contributed by atoms with Crippen LogP contribution >= 0.6 is 31.9 Å². The molecule has 17 heavy (non-hydrogen) atoms. The molecule has 1 aromatic heterocycles. The largest absolute Gasteiger partial charge is 0.439 e. The van der Waals surface area contributed by atoms with Gasteiger partial charge in [-0.25, -0.2) is 9.37 Å².